The highest BCUT2D eigenvalue weighted by Gasteiger charge is 2.33. The molecular weight excluding hydrogens is 407 g/mol. The summed E-state index contributed by atoms with van der Waals surface area (Å²) in [6, 6.07) is 11.6. The van der Waals surface area contributed by atoms with Crippen LogP contribution in [0.3, 0.4) is 0 Å². The average molecular weight is 422 g/mol. The molecule has 0 aliphatic carbocycles. The van der Waals surface area contributed by atoms with Crippen molar-refractivity contribution < 1.29 is 18.0 Å². The van der Waals surface area contributed by atoms with E-state index in [1.54, 1.807) is 24.3 Å². The first-order chi connectivity index (χ1) is 13.6. The Labute approximate surface area is 168 Å². The van der Waals surface area contributed by atoms with Crippen molar-refractivity contribution in [3.05, 3.63) is 92.6 Å². The van der Waals surface area contributed by atoms with Gasteiger partial charge in [0, 0.05) is 17.3 Å². The van der Waals surface area contributed by atoms with Gasteiger partial charge in [0.2, 0.25) is 0 Å². The minimum atomic E-state index is -4.59. The Kier molecular flexibility index (Phi) is 5.74. The fourth-order valence-electron chi connectivity index (χ4n) is 2.70. The highest BCUT2D eigenvalue weighted by Crippen LogP contribution is 2.28. The van der Waals surface area contributed by atoms with Crippen LogP contribution < -0.4 is 10.9 Å². The molecule has 0 aliphatic heterocycles. The molecule has 0 fully saturated rings. The van der Waals surface area contributed by atoms with Gasteiger partial charge >= 0.3 is 6.18 Å². The summed E-state index contributed by atoms with van der Waals surface area (Å²) in [7, 11) is 0. The number of nitrogens with one attached hydrogen (secondary N) is 1. The maximum atomic E-state index is 12.7. The second kappa shape index (κ2) is 8.08. The number of nitrogens with zero attached hydrogens (tertiary/aromatic N) is 2. The molecule has 1 N–H and O–H groups in total. The number of aromatic nitrogens is 2. The van der Waals surface area contributed by atoms with Crippen molar-refractivity contribution >= 4 is 23.2 Å². The monoisotopic (exact) mass is 421 g/mol. The molecular formula is C20H15ClF3N3O2. The minimum Gasteiger partial charge on any atom is -0.321 e. The van der Waals surface area contributed by atoms with Crippen LogP contribution in [0.2, 0.25) is 5.02 Å². The van der Waals surface area contributed by atoms with Gasteiger partial charge in [0.05, 0.1) is 23.5 Å². The minimum absolute atomic E-state index is 0.00172. The molecule has 2 aromatic heterocycles. The van der Waals surface area contributed by atoms with Crippen molar-refractivity contribution in [1.29, 1.82) is 0 Å². The van der Waals surface area contributed by atoms with E-state index in [2.05, 4.69) is 10.3 Å². The topological polar surface area (TPSA) is 64.0 Å². The van der Waals surface area contributed by atoms with Crippen LogP contribution in [0, 0.1) is 6.92 Å². The predicted molar refractivity (Wildman–Crippen MR) is 103 cm³/mol. The number of carbonyl (C=O) groups is 1. The maximum absolute atomic E-state index is 12.7. The number of aryl methyl sites for hydroxylation is 1. The van der Waals surface area contributed by atoms with E-state index < -0.39 is 17.8 Å². The van der Waals surface area contributed by atoms with Crippen LogP contribution in [0.15, 0.2) is 59.5 Å². The zero-order chi connectivity index (χ0) is 21.2. The number of benzene rings is 1. The summed E-state index contributed by atoms with van der Waals surface area (Å²) in [5.74, 6) is -0.633. The fraction of sp³-hybridized carbons (Fsp3) is 0.150. The highest BCUT2D eigenvalue weighted by atomic mass is 35.5. The van der Waals surface area contributed by atoms with Gasteiger partial charge in [-0.15, -0.1) is 0 Å². The van der Waals surface area contributed by atoms with Gasteiger partial charge in [-0.3, -0.25) is 9.59 Å². The quantitative estimate of drug-likeness (QED) is 0.673. The zero-order valence-corrected chi connectivity index (χ0v) is 15.9. The van der Waals surface area contributed by atoms with E-state index in [1.807, 2.05) is 0 Å². The molecule has 0 radical (unpaired) electrons. The molecule has 1 amide bonds. The summed E-state index contributed by atoms with van der Waals surface area (Å²) in [4.78, 5) is 28.0. The molecule has 150 valence electrons. The Morgan fingerprint density at radius 1 is 1.14 bits per heavy atom. The van der Waals surface area contributed by atoms with Crippen LogP contribution >= 0.6 is 11.6 Å². The second-order valence-corrected chi connectivity index (χ2v) is 6.66. The van der Waals surface area contributed by atoms with E-state index in [0.29, 0.717) is 10.7 Å². The number of halogens is 4. The summed E-state index contributed by atoms with van der Waals surface area (Å²) in [5.41, 5.74) is -0.387. The number of carbonyl (C=O) groups excluding carboxylic acids is 1. The summed E-state index contributed by atoms with van der Waals surface area (Å²) < 4.78 is 39.6. The van der Waals surface area contributed by atoms with Gasteiger partial charge in [0.25, 0.3) is 11.5 Å². The summed E-state index contributed by atoms with van der Waals surface area (Å²) in [6.45, 7) is 1.52. The highest BCUT2D eigenvalue weighted by molar-refractivity contribution is 6.31. The summed E-state index contributed by atoms with van der Waals surface area (Å²) in [5, 5.41) is 3.07. The SMILES string of the molecule is Cc1nc(C(F)(F)F)ccc1C(=O)Nc1ccc(=O)n(Cc2ccccc2Cl)c1. The maximum Gasteiger partial charge on any atom is 0.433 e. The predicted octanol–water partition coefficient (Wildman–Crippen LogP) is 4.52. The van der Waals surface area contributed by atoms with Crippen molar-refractivity contribution in [3.63, 3.8) is 0 Å². The molecule has 5 nitrogen and oxygen atoms in total. The first kappa shape index (κ1) is 20.6. The van der Waals surface area contributed by atoms with Gasteiger partial charge < -0.3 is 9.88 Å². The molecule has 0 spiro atoms. The lowest BCUT2D eigenvalue weighted by Crippen LogP contribution is -2.22. The van der Waals surface area contributed by atoms with E-state index in [9.17, 15) is 22.8 Å². The molecule has 0 saturated carbocycles. The van der Waals surface area contributed by atoms with E-state index in [0.717, 1.165) is 17.7 Å². The number of pyridine rings is 2. The number of amides is 1. The van der Waals surface area contributed by atoms with Crippen LogP contribution in [0.1, 0.15) is 27.3 Å². The van der Waals surface area contributed by atoms with Crippen molar-refractivity contribution in [2.45, 2.75) is 19.6 Å². The number of alkyl halides is 3. The largest absolute Gasteiger partial charge is 0.433 e. The molecule has 0 saturated heterocycles. The van der Waals surface area contributed by atoms with Crippen molar-refractivity contribution in [3.8, 4) is 0 Å². The van der Waals surface area contributed by atoms with Gasteiger partial charge in [-0.25, -0.2) is 4.98 Å². The van der Waals surface area contributed by atoms with Gasteiger partial charge in [-0.05, 0) is 36.8 Å². The third-order valence-corrected chi connectivity index (χ3v) is 4.53. The molecule has 2 heterocycles. The Bertz CT molecular complexity index is 1130. The van der Waals surface area contributed by atoms with Crippen LogP contribution in [-0.2, 0) is 12.7 Å². The molecule has 0 unspecified atom stereocenters. The average Bonchev–Trinajstić information content (AvgIpc) is 2.65. The lowest BCUT2D eigenvalue weighted by atomic mass is 10.1. The number of hydrogen-bond donors (Lipinski definition) is 1. The Morgan fingerprint density at radius 2 is 1.86 bits per heavy atom. The van der Waals surface area contributed by atoms with E-state index in [1.165, 1.54) is 29.8 Å². The third kappa shape index (κ3) is 4.83. The lowest BCUT2D eigenvalue weighted by molar-refractivity contribution is -0.141. The molecule has 0 aliphatic rings. The number of anilines is 1. The summed E-state index contributed by atoms with van der Waals surface area (Å²) in [6.07, 6.45) is -3.15. The van der Waals surface area contributed by atoms with Gasteiger partial charge in [0.15, 0.2) is 0 Å². The first-order valence-corrected chi connectivity index (χ1v) is 8.83. The molecule has 9 heteroatoms. The third-order valence-electron chi connectivity index (χ3n) is 4.16. The van der Waals surface area contributed by atoms with Crippen LogP contribution in [-0.4, -0.2) is 15.5 Å². The smallest absolute Gasteiger partial charge is 0.321 e. The second-order valence-electron chi connectivity index (χ2n) is 6.26. The zero-order valence-electron chi connectivity index (χ0n) is 15.1. The Morgan fingerprint density at radius 3 is 2.52 bits per heavy atom. The Hall–Kier alpha value is -3.13. The lowest BCUT2D eigenvalue weighted by Gasteiger charge is -2.12. The standard InChI is InChI=1S/C20H15ClF3N3O2/c1-12-15(7-8-17(25-12)20(22,23)24)19(29)26-14-6-9-18(28)27(11-14)10-13-4-2-3-5-16(13)21/h2-9,11H,10H2,1H3,(H,26,29). The molecule has 29 heavy (non-hydrogen) atoms. The van der Waals surface area contributed by atoms with Gasteiger partial charge in [-0.2, -0.15) is 13.2 Å². The van der Waals surface area contributed by atoms with Crippen LogP contribution in [0.4, 0.5) is 18.9 Å². The van der Waals surface area contributed by atoms with E-state index >= 15 is 0 Å². The van der Waals surface area contributed by atoms with Crippen LogP contribution in [0.5, 0.6) is 0 Å². The fourth-order valence-corrected chi connectivity index (χ4v) is 2.89. The van der Waals surface area contributed by atoms with Crippen molar-refractivity contribution in [1.82, 2.24) is 9.55 Å². The van der Waals surface area contributed by atoms with Gasteiger partial charge in [0.1, 0.15) is 5.69 Å². The number of hydrogen-bond acceptors (Lipinski definition) is 3. The van der Waals surface area contributed by atoms with Crippen LogP contribution in [0.25, 0.3) is 0 Å². The molecule has 1 aromatic carbocycles. The molecule has 0 bridgehead atoms. The van der Waals surface area contributed by atoms with Crippen molar-refractivity contribution in [2.75, 3.05) is 5.32 Å². The summed E-state index contributed by atoms with van der Waals surface area (Å²) >= 11 is 6.12. The van der Waals surface area contributed by atoms with Crippen molar-refractivity contribution in [2.24, 2.45) is 0 Å². The normalized spacial score (nSPS) is 11.3. The van der Waals surface area contributed by atoms with E-state index in [4.69, 9.17) is 11.6 Å². The van der Waals surface area contributed by atoms with E-state index in [-0.39, 0.29) is 23.4 Å². The van der Waals surface area contributed by atoms with Gasteiger partial charge in [-0.1, -0.05) is 29.8 Å². The first-order valence-electron chi connectivity index (χ1n) is 8.45. The molecule has 0 atom stereocenters. The molecule has 3 aromatic rings. The number of rotatable bonds is 4. The Balaban J connectivity index is 1.83. The molecule has 3 rings (SSSR count).